The van der Waals surface area contributed by atoms with Gasteiger partial charge in [-0.05, 0) is 70.6 Å². The van der Waals surface area contributed by atoms with Crippen molar-refractivity contribution in [2.24, 2.45) is 0 Å². The van der Waals surface area contributed by atoms with Crippen LogP contribution in [0.15, 0.2) is 109 Å². The van der Waals surface area contributed by atoms with Gasteiger partial charge in [-0.3, -0.25) is 14.4 Å². The molecular formula is C61H96O12. The minimum atomic E-state index is -1.95. The lowest BCUT2D eigenvalue weighted by Gasteiger charge is -2.40. The van der Waals surface area contributed by atoms with E-state index in [2.05, 4.69) is 93.7 Å². The molecule has 0 aliphatic carbocycles. The zero-order valence-corrected chi connectivity index (χ0v) is 45.1. The van der Waals surface area contributed by atoms with E-state index < -0.39 is 67.3 Å². The Hall–Kier alpha value is -4.62. The highest BCUT2D eigenvalue weighted by Gasteiger charge is 2.50. The van der Waals surface area contributed by atoms with E-state index in [9.17, 15) is 34.5 Å². The van der Waals surface area contributed by atoms with Crippen LogP contribution >= 0.6 is 0 Å². The molecule has 1 aliphatic rings. The maximum absolute atomic E-state index is 13.1. The van der Waals surface area contributed by atoms with Crippen LogP contribution in [0.2, 0.25) is 0 Å². The largest absolute Gasteiger partial charge is 0.479 e. The molecule has 12 nitrogen and oxygen atoms in total. The van der Waals surface area contributed by atoms with Crippen molar-refractivity contribution in [3.63, 3.8) is 0 Å². The van der Waals surface area contributed by atoms with Crippen LogP contribution in [0.25, 0.3) is 0 Å². The highest BCUT2D eigenvalue weighted by molar-refractivity contribution is 5.74. The van der Waals surface area contributed by atoms with Crippen LogP contribution in [0.3, 0.4) is 0 Å². The number of hydrogen-bond acceptors (Lipinski definition) is 11. The standard InChI is InChI=1S/C61H96O12/c1-4-7-10-13-16-19-22-25-27-30-32-35-38-41-44-47-53(62)69-50-52(71-54(63)48-45-42-39-36-33-29-24-21-18-15-12-9-6-3)51-70-61-59(57(66)56(65)58(73-61)60(67)68)72-55(64)49-46-43-40-37-34-31-28-26-23-20-17-14-11-8-5-2/h8-9,11-12,17-18,20-21,26,28-29,33-34,37,39,42-43,46,52,56-59,61,65-66H,4-7,10,13-16,19,22-25,27,30-32,35-36,38,40-41,44-45,47-51H2,1-3H3,(H,67,68)/b11-8-,12-9-,20-17-,21-18-,28-26-,33-29-,37-34-,42-39-,46-43-. The number of rotatable bonds is 45. The fourth-order valence-electron chi connectivity index (χ4n) is 7.69. The maximum atomic E-state index is 13.1. The van der Waals surface area contributed by atoms with Crippen molar-refractivity contribution in [3.8, 4) is 0 Å². The molecule has 0 aromatic carbocycles. The van der Waals surface area contributed by atoms with Gasteiger partial charge < -0.3 is 39.0 Å². The van der Waals surface area contributed by atoms with Gasteiger partial charge in [0.2, 0.25) is 0 Å². The summed E-state index contributed by atoms with van der Waals surface area (Å²) in [5.74, 6) is -3.40. The average molecular weight is 1020 g/mol. The zero-order chi connectivity index (χ0) is 53.3. The Labute approximate surface area is 440 Å². The van der Waals surface area contributed by atoms with Crippen LogP contribution in [0.4, 0.5) is 0 Å². The Kier molecular flexibility index (Phi) is 44.0. The average Bonchev–Trinajstić information content (AvgIpc) is 3.37. The highest BCUT2D eigenvalue weighted by Crippen LogP contribution is 2.26. The van der Waals surface area contributed by atoms with E-state index in [4.69, 9.17) is 23.7 Å². The molecule has 6 unspecified atom stereocenters. The second-order valence-electron chi connectivity index (χ2n) is 18.5. The third-order valence-electron chi connectivity index (χ3n) is 11.9. The lowest BCUT2D eigenvalue weighted by molar-refractivity contribution is -0.301. The molecule has 3 N–H and O–H groups in total. The molecule has 1 aliphatic heterocycles. The first kappa shape index (κ1) is 66.4. The number of carbonyl (C=O) groups excluding carboxylic acids is 3. The topological polar surface area (TPSA) is 175 Å². The number of allylic oxidation sites excluding steroid dienone is 17. The first-order chi connectivity index (χ1) is 35.6. The molecule has 412 valence electrons. The smallest absolute Gasteiger partial charge is 0.335 e. The minimum absolute atomic E-state index is 0.0275. The predicted molar refractivity (Wildman–Crippen MR) is 294 cm³/mol. The van der Waals surface area contributed by atoms with Gasteiger partial charge in [0.15, 0.2) is 24.6 Å². The molecule has 0 radical (unpaired) electrons. The molecule has 73 heavy (non-hydrogen) atoms. The van der Waals surface area contributed by atoms with Gasteiger partial charge in [-0.15, -0.1) is 0 Å². The lowest BCUT2D eigenvalue weighted by Crippen LogP contribution is -2.61. The number of ether oxygens (including phenoxy) is 5. The summed E-state index contributed by atoms with van der Waals surface area (Å²) >= 11 is 0. The molecule has 0 amide bonds. The third kappa shape index (κ3) is 38.6. The van der Waals surface area contributed by atoms with Crippen LogP contribution in [0.1, 0.15) is 201 Å². The number of aliphatic hydroxyl groups is 2. The van der Waals surface area contributed by atoms with Gasteiger partial charge in [0, 0.05) is 12.8 Å². The van der Waals surface area contributed by atoms with Crippen LogP contribution in [0.5, 0.6) is 0 Å². The second-order valence-corrected chi connectivity index (χ2v) is 18.5. The number of hydrogen-bond donors (Lipinski definition) is 3. The number of carboxylic acid groups (broad SMARTS) is 1. The molecule has 1 saturated heterocycles. The van der Waals surface area contributed by atoms with E-state index in [1.807, 2.05) is 24.3 Å². The van der Waals surface area contributed by atoms with E-state index in [1.165, 1.54) is 70.6 Å². The van der Waals surface area contributed by atoms with E-state index in [1.54, 1.807) is 12.2 Å². The van der Waals surface area contributed by atoms with E-state index in [0.29, 0.717) is 25.7 Å². The molecule has 0 aromatic heterocycles. The summed E-state index contributed by atoms with van der Waals surface area (Å²) in [6.07, 6.45) is 52.6. The number of esters is 3. The summed E-state index contributed by atoms with van der Waals surface area (Å²) < 4.78 is 28.1. The van der Waals surface area contributed by atoms with E-state index in [-0.39, 0.29) is 25.9 Å². The lowest BCUT2D eigenvalue weighted by atomic mass is 9.98. The third-order valence-corrected chi connectivity index (χ3v) is 11.9. The second kappa shape index (κ2) is 48.3. The van der Waals surface area contributed by atoms with Gasteiger partial charge in [-0.25, -0.2) is 4.79 Å². The first-order valence-corrected chi connectivity index (χ1v) is 27.9. The van der Waals surface area contributed by atoms with Crippen LogP contribution in [0, 0.1) is 0 Å². The monoisotopic (exact) mass is 1020 g/mol. The SMILES string of the molecule is CC/C=C\C/C=C\C/C=C\C/C=C\C/C=C\CC(=O)OC1C(OCC(COC(=O)CCCCCCCCCCCCCCCCC)OC(=O)CC/C=C\C/C=C\C/C=C\C/C=C\CC)OC(C(=O)O)C(O)C1O. The summed E-state index contributed by atoms with van der Waals surface area (Å²) in [6.45, 7) is 5.64. The normalized spacial score (nSPS) is 19.2. The van der Waals surface area contributed by atoms with E-state index in [0.717, 1.165) is 64.2 Å². The molecule has 1 fully saturated rings. The van der Waals surface area contributed by atoms with Gasteiger partial charge in [-0.2, -0.15) is 0 Å². The number of carboxylic acids is 1. The van der Waals surface area contributed by atoms with Gasteiger partial charge >= 0.3 is 23.9 Å². The van der Waals surface area contributed by atoms with Crippen molar-refractivity contribution in [2.45, 2.75) is 237 Å². The molecule has 6 atom stereocenters. The summed E-state index contributed by atoms with van der Waals surface area (Å²) in [4.78, 5) is 50.9. The summed E-state index contributed by atoms with van der Waals surface area (Å²) in [7, 11) is 0. The summed E-state index contributed by atoms with van der Waals surface area (Å²) in [5.41, 5.74) is 0. The molecule has 0 bridgehead atoms. The Morgan fingerprint density at radius 1 is 0.479 bits per heavy atom. The van der Waals surface area contributed by atoms with Crippen molar-refractivity contribution in [1.82, 2.24) is 0 Å². The molecule has 1 rings (SSSR count). The number of unbranched alkanes of at least 4 members (excludes halogenated alkanes) is 14. The van der Waals surface area contributed by atoms with Crippen molar-refractivity contribution in [2.75, 3.05) is 13.2 Å². The number of aliphatic carboxylic acids is 1. The van der Waals surface area contributed by atoms with Crippen molar-refractivity contribution >= 4 is 23.9 Å². The summed E-state index contributed by atoms with van der Waals surface area (Å²) in [5, 5.41) is 31.4. The molecule has 0 saturated carbocycles. The van der Waals surface area contributed by atoms with E-state index >= 15 is 0 Å². The maximum Gasteiger partial charge on any atom is 0.335 e. The van der Waals surface area contributed by atoms with Crippen molar-refractivity contribution in [1.29, 1.82) is 0 Å². The Bertz CT molecular complexity index is 1690. The highest BCUT2D eigenvalue weighted by atomic mass is 16.7. The van der Waals surface area contributed by atoms with Crippen molar-refractivity contribution < 1.29 is 58.2 Å². The van der Waals surface area contributed by atoms with Crippen LogP contribution in [-0.2, 0) is 42.9 Å². The Morgan fingerprint density at radius 2 is 0.904 bits per heavy atom. The van der Waals surface area contributed by atoms with Gasteiger partial charge in [0.25, 0.3) is 0 Å². The van der Waals surface area contributed by atoms with Crippen LogP contribution in [-0.4, -0.2) is 89.2 Å². The first-order valence-electron chi connectivity index (χ1n) is 27.9. The predicted octanol–water partition coefficient (Wildman–Crippen LogP) is 13.9. The van der Waals surface area contributed by atoms with Crippen LogP contribution < -0.4 is 0 Å². The Balaban J connectivity index is 2.80. The molecule has 1 heterocycles. The van der Waals surface area contributed by atoms with Gasteiger partial charge in [-0.1, -0.05) is 220 Å². The fourth-order valence-corrected chi connectivity index (χ4v) is 7.69. The van der Waals surface area contributed by atoms with Gasteiger partial charge in [0.05, 0.1) is 13.0 Å². The van der Waals surface area contributed by atoms with Crippen molar-refractivity contribution in [3.05, 3.63) is 109 Å². The zero-order valence-electron chi connectivity index (χ0n) is 45.1. The quantitative estimate of drug-likeness (QED) is 0.0228. The number of aliphatic hydroxyl groups excluding tert-OH is 2. The Morgan fingerprint density at radius 3 is 1.36 bits per heavy atom. The minimum Gasteiger partial charge on any atom is -0.479 e. The molecule has 0 spiro atoms. The van der Waals surface area contributed by atoms with Gasteiger partial charge in [0.1, 0.15) is 18.8 Å². The fraction of sp³-hybridized carbons (Fsp3) is 0.639. The summed E-state index contributed by atoms with van der Waals surface area (Å²) in [6, 6.07) is 0. The molecule has 0 aromatic rings. The number of carbonyl (C=O) groups is 4. The molecular weight excluding hydrogens is 925 g/mol. The molecule has 12 heteroatoms.